The van der Waals surface area contributed by atoms with E-state index in [1.165, 1.54) is 0 Å². The van der Waals surface area contributed by atoms with Crippen LogP contribution in [0.25, 0.3) is 10.8 Å². The zero-order valence-electron chi connectivity index (χ0n) is 7.32. The largest absolute Gasteiger partial charge is 0.494 e. The first-order chi connectivity index (χ1) is 6.33. The number of benzene rings is 1. The normalized spacial score (nSPS) is 10.2. The lowest BCUT2D eigenvalue weighted by Gasteiger charge is -2.05. The Morgan fingerprint density at radius 2 is 2.08 bits per heavy atom. The van der Waals surface area contributed by atoms with Crippen LogP contribution in [0, 0.1) is 0 Å². The van der Waals surface area contributed by atoms with Gasteiger partial charge in [0, 0.05) is 22.7 Å². The number of nitrogens with zero attached hydrogens (tertiary/aromatic N) is 1. The molecule has 0 saturated carbocycles. The van der Waals surface area contributed by atoms with Crippen molar-refractivity contribution in [1.29, 1.82) is 0 Å². The maximum atomic E-state index is 5.78. The first-order valence-corrected chi connectivity index (χ1v) is 3.99. The number of hydrogen-bond acceptors (Lipinski definition) is 3. The fraction of sp³-hybridized carbons (Fsp3) is 0.100. The van der Waals surface area contributed by atoms with E-state index in [1.54, 1.807) is 19.5 Å². The van der Waals surface area contributed by atoms with E-state index in [0.29, 0.717) is 0 Å². The molecule has 3 nitrogen and oxygen atoms in total. The van der Waals surface area contributed by atoms with E-state index < -0.39 is 0 Å². The van der Waals surface area contributed by atoms with Crippen molar-refractivity contribution >= 4 is 16.5 Å². The van der Waals surface area contributed by atoms with Crippen molar-refractivity contribution < 1.29 is 4.74 Å². The van der Waals surface area contributed by atoms with Crippen LogP contribution in [0.3, 0.4) is 0 Å². The number of pyridine rings is 1. The second-order valence-corrected chi connectivity index (χ2v) is 2.78. The van der Waals surface area contributed by atoms with Crippen molar-refractivity contribution in [2.75, 3.05) is 12.8 Å². The van der Waals surface area contributed by atoms with Crippen LogP contribution in [0.1, 0.15) is 0 Å². The van der Waals surface area contributed by atoms with Crippen molar-refractivity contribution in [2.45, 2.75) is 0 Å². The van der Waals surface area contributed by atoms with Crippen LogP contribution in [-0.4, -0.2) is 12.1 Å². The van der Waals surface area contributed by atoms with E-state index in [-0.39, 0.29) is 0 Å². The minimum absolute atomic E-state index is 0.726. The van der Waals surface area contributed by atoms with E-state index in [1.807, 2.05) is 18.2 Å². The Morgan fingerprint density at radius 3 is 2.85 bits per heavy atom. The number of nitrogens with two attached hydrogens (primary N) is 1. The third-order valence-corrected chi connectivity index (χ3v) is 2.02. The predicted molar refractivity (Wildman–Crippen MR) is 52.7 cm³/mol. The first kappa shape index (κ1) is 7.86. The minimum atomic E-state index is 0.726. The van der Waals surface area contributed by atoms with Gasteiger partial charge >= 0.3 is 0 Å². The molecule has 1 heterocycles. The fourth-order valence-electron chi connectivity index (χ4n) is 1.35. The summed E-state index contributed by atoms with van der Waals surface area (Å²) in [5.74, 6) is 0.754. The zero-order valence-corrected chi connectivity index (χ0v) is 7.32. The van der Waals surface area contributed by atoms with E-state index in [9.17, 15) is 0 Å². The van der Waals surface area contributed by atoms with Gasteiger partial charge in [0.15, 0.2) is 0 Å². The van der Waals surface area contributed by atoms with Gasteiger partial charge in [0.2, 0.25) is 0 Å². The molecule has 2 N–H and O–H groups in total. The third-order valence-electron chi connectivity index (χ3n) is 2.02. The molecule has 1 aromatic heterocycles. The van der Waals surface area contributed by atoms with Gasteiger partial charge in [-0.1, -0.05) is 12.1 Å². The van der Waals surface area contributed by atoms with E-state index in [4.69, 9.17) is 10.5 Å². The number of hydrogen-bond donors (Lipinski definition) is 1. The summed E-state index contributed by atoms with van der Waals surface area (Å²) < 4.78 is 5.16. The maximum Gasteiger partial charge on any atom is 0.145 e. The Kier molecular flexibility index (Phi) is 1.77. The van der Waals surface area contributed by atoms with Gasteiger partial charge in [-0.15, -0.1) is 0 Å². The molecule has 2 rings (SSSR count). The average molecular weight is 174 g/mol. The molecule has 0 bridgehead atoms. The molecular weight excluding hydrogens is 164 g/mol. The van der Waals surface area contributed by atoms with E-state index in [2.05, 4.69) is 4.98 Å². The topological polar surface area (TPSA) is 48.1 Å². The first-order valence-electron chi connectivity index (χ1n) is 3.99. The van der Waals surface area contributed by atoms with Crippen molar-refractivity contribution in [3.8, 4) is 5.75 Å². The van der Waals surface area contributed by atoms with E-state index >= 15 is 0 Å². The molecule has 0 atom stereocenters. The minimum Gasteiger partial charge on any atom is -0.494 e. The van der Waals surface area contributed by atoms with Crippen molar-refractivity contribution in [2.24, 2.45) is 0 Å². The number of methoxy groups -OCH3 is 1. The van der Waals surface area contributed by atoms with Crippen LogP contribution < -0.4 is 10.5 Å². The molecule has 0 amide bonds. The number of fused-ring (bicyclic) bond motifs is 1. The van der Waals surface area contributed by atoms with Crippen LogP contribution >= 0.6 is 0 Å². The molecule has 0 aliphatic rings. The highest BCUT2D eigenvalue weighted by molar-refractivity contribution is 5.95. The van der Waals surface area contributed by atoms with Crippen LogP contribution in [0.2, 0.25) is 0 Å². The highest BCUT2D eigenvalue weighted by Gasteiger charge is 2.02. The lowest BCUT2D eigenvalue weighted by atomic mass is 10.1. The van der Waals surface area contributed by atoms with Gasteiger partial charge in [-0.05, 0) is 6.07 Å². The van der Waals surface area contributed by atoms with Crippen LogP contribution in [0.4, 0.5) is 5.69 Å². The molecule has 2 aromatic rings. The summed E-state index contributed by atoms with van der Waals surface area (Å²) in [5.41, 5.74) is 6.51. The molecule has 13 heavy (non-hydrogen) atoms. The standard InChI is InChI=1S/C10H10N2O/c1-13-10-6-12-5-8-7(10)3-2-4-9(8)11/h2-6H,11H2,1H3. The van der Waals surface area contributed by atoms with Crippen molar-refractivity contribution in [1.82, 2.24) is 4.98 Å². The summed E-state index contributed by atoms with van der Waals surface area (Å²) in [4.78, 5) is 4.04. The Hall–Kier alpha value is -1.77. The third kappa shape index (κ3) is 1.18. The van der Waals surface area contributed by atoms with Crippen LogP contribution in [-0.2, 0) is 0 Å². The molecular formula is C10H10N2O. The van der Waals surface area contributed by atoms with Gasteiger partial charge in [0.25, 0.3) is 0 Å². The molecule has 0 fully saturated rings. The van der Waals surface area contributed by atoms with Gasteiger partial charge in [-0.25, -0.2) is 0 Å². The maximum absolute atomic E-state index is 5.78. The van der Waals surface area contributed by atoms with Gasteiger partial charge in [0.1, 0.15) is 5.75 Å². The average Bonchev–Trinajstić information content (AvgIpc) is 2.18. The molecule has 1 aromatic carbocycles. The molecule has 0 aliphatic heterocycles. The van der Waals surface area contributed by atoms with Crippen LogP contribution in [0.5, 0.6) is 5.75 Å². The predicted octanol–water partition coefficient (Wildman–Crippen LogP) is 1.83. The summed E-state index contributed by atoms with van der Waals surface area (Å²) in [6.07, 6.45) is 3.43. The number of nitrogen functional groups attached to an aromatic ring is 1. The summed E-state index contributed by atoms with van der Waals surface area (Å²) in [6.45, 7) is 0. The molecule has 0 spiro atoms. The second-order valence-electron chi connectivity index (χ2n) is 2.78. The second kappa shape index (κ2) is 2.94. The Morgan fingerprint density at radius 1 is 1.23 bits per heavy atom. The smallest absolute Gasteiger partial charge is 0.145 e. The van der Waals surface area contributed by atoms with Crippen molar-refractivity contribution in [3.05, 3.63) is 30.6 Å². The van der Waals surface area contributed by atoms with Gasteiger partial charge in [-0.3, -0.25) is 4.98 Å². The van der Waals surface area contributed by atoms with Crippen molar-refractivity contribution in [3.63, 3.8) is 0 Å². The number of anilines is 1. The Labute approximate surface area is 76.2 Å². The van der Waals surface area contributed by atoms with Crippen LogP contribution in [0.15, 0.2) is 30.6 Å². The zero-order chi connectivity index (χ0) is 9.26. The molecule has 0 aliphatic carbocycles. The summed E-state index contributed by atoms with van der Waals surface area (Å²) in [7, 11) is 1.62. The highest BCUT2D eigenvalue weighted by Crippen LogP contribution is 2.27. The Balaban J connectivity index is 2.84. The SMILES string of the molecule is COc1cncc2c(N)cccc12. The molecule has 0 saturated heterocycles. The van der Waals surface area contributed by atoms with Gasteiger partial charge in [0.05, 0.1) is 13.3 Å². The molecule has 0 radical (unpaired) electrons. The van der Waals surface area contributed by atoms with E-state index in [0.717, 1.165) is 22.2 Å². The molecule has 3 heteroatoms. The lowest BCUT2D eigenvalue weighted by Crippen LogP contribution is -1.90. The number of ether oxygens (including phenoxy) is 1. The molecule has 66 valence electrons. The number of aromatic nitrogens is 1. The summed E-state index contributed by atoms with van der Waals surface area (Å²) in [6, 6.07) is 5.72. The number of rotatable bonds is 1. The highest BCUT2D eigenvalue weighted by atomic mass is 16.5. The quantitative estimate of drug-likeness (QED) is 0.671. The summed E-state index contributed by atoms with van der Waals surface area (Å²) >= 11 is 0. The Bertz CT molecular complexity index is 440. The van der Waals surface area contributed by atoms with Gasteiger partial charge < -0.3 is 10.5 Å². The lowest BCUT2D eigenvalue weighted by molar-refractivity contribution is 0.418. The monoisotopic (exact) mass is 174 g/mol. The fourth-order valence-corrected chi connectivity index (χ4v) is 1.35. The van der Waals surface area contributed by atoms with Gasteiger partial charge in [-0.2, -0.15) is 0 Å². The summed E-state index contributed by atoms with van der Waals surface area (Å²) in [5, 5.41) is 1.93. The molecule has 0 unspecified atom stereocenters.